The van der Waals surface area contributed by atoms with Gasteiger partial charge in [-0.05, 0) is 12.5 Å². The number of anilines is 1. The van der Waals surface area contributed by atoms with E-state index in [0.717, 1.165) is 17.2 Å². The number of hydrogen-bond donors (Lipinski definition) is 2. The number of nitrogens with one attached hydrogen (secondary N) is 2. The molecular formula is C22H20ClF3N4O3. The first-order chi connectivity index (χ1) is 15.6. The van der Waals surface area contributed by atoms with E-state index in [4.69, 9.17) is 11.6 Å². The van der Waals surface area contributed by atoms with E-state index in [1.54, 1.807) is 12.1 Å². The summed E-state index contributed by atoms with van der Waals surface area (Å²) in [7, 11) is 0. The number of rotatable bonds is 6. The third kappa shape index (κ3) is 4.95. The third-order valence-electron chi connectivity index (χ3n) is 5.64. The Hall–Kier alpha value is -3.14. The quantitative estimate of drug-likeness (QED) is 0.664. The molecule has 1 aliphatic carbocycles. The summed E-state index contributed by atoms with van der Waals surface area (Å²) < 4.78 is 40.7. The van der Waals surface area contributed by atoms with Gasteiger partial charge in [0.15, 0.2) is 0 Å². The molecule has 0 radical (unpaired) electrons. The van der Waals surface area contributed by atoms with Gasteiger partial charge in [0.2, 0.25) is 11.8 Å². The molecule has 2 fully saturated rings. The number of hydrogen-bond acceptors (Lipinski definition) is 4. The standard InChI is InChI=1S/C22H20ClF3N4O3/c23-16-4-2-1-3-15(16)19(20(32)28-13-8-22(25,26)9-13)30(14-7-12(24)10-27-11-14)21(33)17-5-6-18(31)29-17/h1-4,7,10-11,13,17,19H,5-6,8-9H2,(H,28,32)(H,29,31)/t17?,19-/m1/s1. The van der Waals surface area contributed by atoms with Gasteiger partial charge >= 0.3 is 0 Å². The van der Waals surface area contributed by atoms with Crippen LogP contribution in [-0.4, -0.2) is 40.7 Å². The van der Waals surface area contributed by atoms with Crippen molar-refractivity contribution in [3.63, 3.8) is 0 Å². The van der Waals surface area contributed by atoms with Gasteiger partial charge in [-0.25, -0.2) is 13.2 Å². The fraction of sp³-hybridized carbons (Fsp3) is 0.364. The van der Waals surface area contributed by atoms with Crippen LogP contribution in [0, 0.1) is 5.82 Å². The van der Waals surface area contributed by atoms with Crippen LogP contribution in [0.5, 0.6) is 0 Å². The van der Waals surface area contributed by atoms with E-state index < -0.39 is 54.5 Å². The van der Waals surface area contributed by atoms with Gasteiger partial charge in [-0.3, -0.25) is 24.3 Å². The van der Waals surface area contributed by atoms with E-state index in [9.17, 15) is 27.6 Å². The molecule has 3 amide bonds. The maximum atomic E-state index is 14.1. The minimum atomic E-state index is -2.87. The molecule has 0 spiro atoms. The minimum absolute atomic E-state index is 0.0415. The smallest absolute Gasteiger partial charge is 0.252 e. The van der Waals surface area contributed by atoms with Crippen molar-refractivity contribution in [1.82, 2.24) is 15.6 Å². The molecule has 0 bridgehead atoms. The second-order valence-electron chi connectivity index (χ2n) is 8.12. The number of halogens is 4. The number of carbonyl (C=O) groups is 3. The van der Waals surface area contributed by atoms with E-state index in [1.165, 1.54) is 18.3 Å². The molecule has 7 nitrogen and oxygen atoms in total. The lowest BCUT2D eigenvalue weighted by Gasteiger charge is -2.38. The zero-order valence-electron chi connectivity index (χ0n) is 17.2. The minimum Gasteiger partial charge on any atom is -0.351 e. The number of alkyl halides is 2. The lowest BCUT2D eigenvalue weighted by atomic mass is 9.87. The number of carbonyl (C=O) groups excluding carboxylic acids is 3. The van der Waals surface area contributed by atoms with Crippen LogP contribution in [0.15, 0.2) is 42.7 Å². The fourth-order valence-corrected chi connectivity index (χ4v) is 4.28. The second kappa shape index (κ2) is 9.01. The van der Waals surface area contributed by atoms with Crippen LogP contribution in [-0.2, 0) is 14.4 Å². The highest BCUT2D eigenvalue weighted by Crippen LogP contribution is 2.39. The van der Waals surface area contributed by atoms with E-state index in [2.05, 4.69) is 15.6 Å². The van der Waals surface area contributed by atoms with Gasteiger partial charge in [0.25, 0.3) is 11.8 Å². The summed E-state index contributed by atoms with van der Waals surface area (Å²) in [5.41, 5.74) is 0.171. The first-order valence-electron chi connectivity index (χ1n) is 10.3. The summed E-state index contributed by atoms with van der Waals surface area (Å²) in [5, 5.41) is 5.24. The Bertz CT molecular complexity index is 1090. The molecule has 11 heteroatoms. The Morgan fingerprint density at radius 2 is 1.97 bits per heavy atom. The SMILES string of the molecule is O=C1CCC(C(=O)N(c2cncc(F)c2)[C@@H](C(=O)NC2CC(F)(F)C2)c2ccccc2Cl)N1. The highest BCUT2D eigenvalue weighted by atomic mass is 35.5. The number of aromatic nitrogens is 1. The average molecular weight is 481 g/mol. The van der Waals surface area contributed by atoms with Crippen LogP contribution in [0.2, 0.25) is 5.02 Å². The summed E-state index contributed by atoms with van der Waals surface area (Å²) in [5.74, 6) is -5.38. The van der Waals surface area contributed by atoms with Crippen molar-refractivity contribution in [2.24, 2.45) is 0 Å². The van der Waals surface area contributed by atoms with Crippen LogP contribution < -0.4 is 15.5 Å². The summed E-state index contributed by atoms with van der Waals surface area (Å²) in [4.78, 5) is 43.4. The predicted molar refractivity (Wildman–Crippen MR) is 113 cm³/mol. The van der Waals surface area contributed by atoms with Crippen LogP contribution in [0.1, 0.15) is 37.3 Å². The molecule has 1 saturated heterocycles. The lowest BCUT2D eigenvalue weighted by molar-refractivity contribution is -0.133. The summed E-state index contributed by atoms with van der Waals surface area (Å²) in [6.45, 7) is 0. The first kappa shape index (κ1) is 23.0. The summed E-state index contributed by atoms with van der Waals surface area (Å²) in [6.07, 6.45) is 1.38. The molecule has 1 saturated carbocycles. The van der Waals surface area contributed by atoms with Crippen molar-refractivity contribution in [3.05, 3.63) is 59.1 Å². The van der Waals surface area contributed by atoms with E-state index in [1.807, 2.05) is 0 Å². The Kier molecular flexibility index (Phi) is 6.29. The highest BCUT2D eigenvalue weighted by molar-refractivity contribution is 6.31. The average Bonchev–Trinajstić information content (AvgIpc) is 3.17. The van der Waals surface area contributed by atoms with Gasteiger partial charge in [0, 0.05) is 42.0 Å². The molecule has 2 aliphatic rings. The molecule has 2 N–H and O–H groups in total. The van der Waals surface area contributed by atoms with Gasteiger partial charge in [-0.15, -0.1) is 0 Å². The molecule has 1 aromatic carbocycles. The molecular weight excluding hydrogens is 461 g/mol. The molecule has 2 heterocycles. The number of amides is 3. The molecule has 174 valence electrons. The normalized spacial score (nSPS) is 20.5. The van der Waals surface area contributed by atoms with Crippen LogP contribution in [0.4, 0.5) is 18.9 Å². The van der Waals surface area contributed by atoms with Gasteiger partial charge in [-0.1, -0.05) is 29.8 Å². The lowest BCUT2D eigenvalue weighted by Crippen LogP contribution is -2.55. The molecule has 2 aromatic rings. The van der Waals surface area contributed by atoms with Crippen molar-refractivity contribution in [2.75, 3.05) is 4.90 Å². The number of pyridine rings is 1. The van der Waals surface area contributed by atoms with Crippen molar-refractivity contribution in [3.8, 4) is 0 Å². The largest absolute Gasteiger partial charge is 0.351 e. The van der Waals surface area contributed by atoms with Crippen molar-refractivity contribution in [1.29, 1.82) is 0 Å². The van der Waals surface area contributed by atoms with Gasteiger partial charge in [0.05, 0.1) is 18.1 Å². The fourth-order valence-electron chi connectivity index (χ4n) is 4.04. The molecule has 2 atom stereocenters. The number of nitrogens with zero attached hydrogens (tertiary/aromatic N) is 2. The van der Waals surface area contributed by atoms with Crippen molar-refractivity contribution >= 4 is 35.0 Å². The third-order valence-corrected chi connectivity index (χ3v) is 5.99. The highest BCUT2D eigenvalue weighted by Gasteiger charge is 2.47. The maximum absolute atomic E-state index is 14.1. The summed E-state index contributed by atoms with van der Waals surface area (Å²) >= 11 is 6.35. The number of benzene rings is 1. The Labute approximate surface area is 192 Å². The van der Waals surface area contributed by atoms with E-state index in [0.29, 0.717) is 0 Å². The maximum Gasteiger partial charge on any atom is 0.252 e. The Morgan fingerprint density at radius 1 is 1.24 bits per heavy atom. The molecule has 4 rings (SSSR count). The summed E-state index contributed by atoms with van der Waals surface area (Å²) in [6, 6.07) is 4.12. The van der Waals surface area contributed by atoms with Crippen molar-refractivity contribution < 1.29 is 27.6 Å². The topological polar surface area (TPSA) is 91.4 Å². The van der Waals surface area contributed by atoms with E-state index >= 15 is 0 Å². The van der Waals surface area contributed by atoms with Gasteiger partial charge in [0.1, 0.15) is 17.9 Å². The van der Waals surface area contributed by atoms with Gasteiger partial charge < -0.3 is 10.6 Å². The Morgan fingerprint density at radius 3 is 2.58 bits per heavy atom. The predicted octanol–water partition coefficient (Wildman–Crippen LogP) is 3.14. The van der Waals surface area contributed by atoms with Crippen LogP contribution in [0.3, 0.4) is 0 Å². The Balaban J connectivity index is 1.77. The molecule has 1 aliphatic heterocycles. The monoisotopic (exact) mass is 480 g/mol. The van der Waals surface area contributed by atoms with E-state index in [-0.39, 0.29) is 35.0 Å². The zero-order chi connectivity index (χ0) is 23.8. The van der Waals surface area contributed by atoms with Crippen LogP contribution >= 0.6 is 11.6 Å². The van der Waals surface area contributed by atoms with Crippen molar-refractivity contribution in [2.45, 2.75) is 49.7 Å². The molecule has 1 aromatic heterocycles. The zero-order valence-corrected chi connectivity index (χ0v) is 18.0. The second-order valence-corrected chi connectivity index (χ2v) is 8.53. The van der Waals surface area contributed by atoms with Crippen LogP contribution in [0.25, 0.3) is 0 Å². The van der Waals surface area contributed by atoms with Gasteiger partial charge in [-0.2, -0.15) is 0 Å². The molecule has 1 unspecified atom stereocenters. The molecule has 33 heavy (non-hydrogen) atoms. The first-order valence-corrected chi connectivity index (χ1v) is 10.7.